The van der Waals surface area contributed by atoms with Gasteiger partial charge in [-0.15, -0.1) is 11.8 Å². The van der Waals surface area contributed by atoms with Gasteiger partial charge in [0, 0.05) is 12.0 Å². The van der Waals surface area contributed by atoms with Crippen molar-refractivity contribution in [2.45, 2.75) is 30.9 Å². The lowest BCUT2D eigenvalue weighted by Crippen LogP contribution is -2.28. The van der Waals surface area contributed by atoms with Crippen molar-refractivity contribution < 1.29 is 14.3 Å². The summed E-state index contributed by atoms with van der Waals surface area (Å²) < 4.78 is 11.0. The number of ether oxygens (including phenoxy) is 2. The first-order chi connectivity index (χ1) is 9.19. The van der Waals surface area contributed by atoms with Gasteiger partial charge in [0.1, 0.15) is 0 Å². The summed E-state index contributed by atoms with van der Waals surface area (Å²) in [5.74, 6) is 2.74. The molecule has 0 radical (unpaired) electrons. The number of benzene rings is 1. The Morgan fingerprint density at radius 2 is 2.00 bits per heavy atom. The molecule has 0 saturated carbocycles. The smallest absolute Gasteiger partial charge is 0.178 e. The molecular weight excluding hydrogens is 260 g/mol. The summed E-state index contributed by atoms with van der Waals surface area (Å²) >= 11 is 1.77. The molecule has 102 valence electrons. The van der Waals surface area contributed by atoms with Gasteiger partial charge < -0.3 is 9.47 Å². The second-order valence-corrected chi connectivity index (χ2v) is 6.82. The highest BCUT2D eigenvalue weighted by Gasteiger charge is 2.37. The minimum absolute atomic E-state index is 0.214. The van der Waals surface area contributed by atoms with E-state index in [1.54, 1.807) is 11.8 Å². The fourth-order valence-electron chi connectivity index (χ4n) is 2.57. The predicted octanol–water partition coefficient (Wildman–Crippen LogP) is 3.32. The van der Waals surface area contributed by atoms with E-state index in [1.807, 2.05) is 18.2 Å². The first-order valence-corrected chi connectivity index (χ1v) is 7.76. The number of carbonyl (C=O) groups is 1. The van der Waals surface area contributed by atoms with Crippen molar-refractivity contribution >= 4 is 17.5 Å². The van der Waals surface area contributed by atoms with Crippen LogP contribution in [-0.4, -0.2) is 29.5 Å². The number of rotatable bonds is 2. The summed E-state index contributed by atoms with van der Waals surface area (Å²) in [5, 5.41) is 0. The Labute approximate surface area is 117 Å². The summed E-state index contributed by atoms with van der Waals surface area (Å²) in [7, 11) is 0. The molecule has 0 N–H and O–H groups in total. The van der Waals surface area contributed by atoms with Gasteiger partial charge in [-0.25, -0.2) is 0 Å². The number of carbonyl (C=O) groups excluding carboxylic acids is 1. The van der Waals surface area contributed by atoms with Gasteiger partial charge in [-0.1, -0.05) is 0 Å². The van der Waals surface area contributed by atoms with Gasteiger partial charge in [0.25, 0.3) is 0 Å². The highest BCUT2D eigenvalue weighted by atomic mass is 32.2. The molecule has 1 fully saturated rings. The zero-order valence-electron chi connectivity index (χ0n) is 11.1. The van der Waals surface area contributed by atoms with Gasteiger partial charge in [-0.05, 0) is 43.7 Å². The van der Waals surface area contributed by atoms with E-state index in [0.29, 0.717) is 19.0 Å². The van der Waals surface area contributed by atoms with Crippen molar-refractivity contribution in [3.63, 3.8) is 0 Å². The molecule has 2 heterocycles. The zero-order chi connectivity index (χ0) is 13.3. The Hall–Kier alpha value is -1.16. The number of thioether (sulfide) groups is 1. The average Bonchev–Trinajstić information content (AvgIpc) is 2.74. The monoisotopic (exact) mass is 278 g/mol. The number of Topliss-reactive ketones (excluding diaryl/α,β-unsaturated/α-hetero) is 1. The van der Waals surface area contributed by atoms with E-state index in [0.717, 1.165) is 36.3 Å². The molecule has 1 atom stereocenters. The Bertz CT molecular complexity index is 492. The number of hydrogen-bond donors (Lipinski definition) is 0. The van der Waals surface area contributed by atoms with Crippen LogP contribution in [0.1, 0.15) is 36.5 Å². The maximum absolute atomic E-state index is 12.6. The van der Waals surface area contributed by atoms with Crippen LogP contribution in [-0.2, 0) is 0 Å². The summed E-state index contributed by atoms with van der Waals surface area (Å²) in [5.41, 5.74) is 0.737. The van der Waals surface area contributed by atoms with Crippen LogP contribution in [0, 0.1) is 0 Å². The van der Waals surface area contributed by atoms with E-state index in [1.165, 1.54) is 0 Å². The molecule has 1 saturated heterocycles. The topological polar surface area (TPSA) is 35.5 Å². The van der Waals surface area contributed by atoms with Crippen LogP contribution in [0.4, 0.5) is 0 Å². The molecule has 0 aromatic heterocycles. The van der Waals surface area contributed by atoms with Crippen molar-refractivity contribution in [3.8, 4) is 11.5 Å². The molecule has 3 rings (SSSR count). The zero-order valence-corrected chi connectivity index (χ0v) is 11.9. The third-order valence-corrected chi connectivity index (χ3v) is 5.23. The molecular formula is C15H18O3S. The third-order valence-electron chi connectivity index (χ3n) is 3.71. The van der Waals surface area contributed by atoms with Crippen molar-refractivity contribution in [2.75, 3.05) is 19.0 Å². The molecule has 2 aliphatic rings. The second kappa shape index (κ2) is 5.08. The molecule has 2 aliphatic heterocycles. The van der Waals surface area contributed by atoms with Crippen molar-refractivity contribution in [1.29, 1.82) is 0 Å². The molecule has 4 heteroatoms. The maximum atomic E-state index is 12.6. The first kappa shape index (κ1) is 12.9. The van der Waals surface area contributed by atoms with Crippen molar-refractivity contribution in [1.82, 2.24) is 0 Å². The molecule has 0 bridgehead atoms. The third kappa shape index (κ3) is 2.46. The van der Waals surface area contributed by atoms with E-state index in [9.17, 15) is 4.79 Å². The van der Waals surface area contributed by atoms with Crippen LogP contribution in [0.5, 0.6) is 11.5 Å². The van der Waals surface area contributed by atoms with Gasteiger partial charge in [-0.2, -0.15) is 0 Å². The molecule has 0 amide bonds. The Morgan fingerprint density at radius 1 is 1.21 bits per heavy atom. The summed E-state index contributed by atoms with van der Waals surface area (Å²) in [6.07, 6.45) is 2.97. The summed E-state index contributed by atoms with van der Waals surface area (Å²) in [6, 6.07) is 5.56. The molecule has 19 heavy (non-hydrogen) atoms. The molecule has 1 aromatic carbocycles. The molecule has 0 spiro atoms. The van der Waals surface area contributed by atoms with Crippen LogP contribution < -0.4 is 9.47 Å². The van der Waals surface area contributed by atoms with Crippen LogP contribution in [0.15, 0.2) is 18.2 Å². The fraction of sp³-hybridized carbons (Fsp3) is 0.533. The van der Waals surface area contributed by atoms with Gasteiger partial charge >= 0.3 is 0 Å². The van der Waals surface area contributed by atoms with E-state index >= 15 is 0 Å². The fourth-order valence-corrected chi connectivity index (χ4v) is 3.84. The quantitative estimate of drug-likeness (QED) is 0.777. The SMILES string of the molecule is CC1(C(=O)c2ccc3c(c2)OCCCO3)CCCS1. The van der Waals surface area contributed by atoms with Gasteiger partial charge in [-0.3, -0.25) is 4.79 Å². The van der Waals surface area contributed by atoms with Crippen molar-refractivity contribution in [2.24, 2.45) is 0 Å². The number of ketones is 1. The Kier molecular flexibility index (Phi) is 3.44. The van der Waals surface area contributed by atoms with Crippen molar-refractivity contribution in [3.05, 3.63) is 23.8 Å². The highest BCUT2D eigenvalue weighted by molar-refractivity contribution is 8.01. The summed E-state index contributed by atoms with van der Waals surface area (Å²) in [6.45, 7) is 3.38. The van der Waals surface area contributed by atoms with E-state index in [4.69, 9.17) is 9.47 Å². The highest BCUT2D eigenvalue weighted by Crippen LogP contribution is 2.41. The molecule has 1 unspecified atom stereocenters. The van der Waals surface area contributed by atoms with Crippen LogP contribution in [0.2, 0.25) is 0 Å². The Balaban J connectivity index is 1.89. The van der Waals surface area contributed by atoms with Gasteiger partial charge in [0.2, 0.25) is 0 Å². The first-order valence-electron chi connectivity index (χ1n) is 6.77. The number of fused-ring (bicyclic) bond motifs is 1. The lowest BCUT2D eigenvalue weighted by atomic mass is 9.94. The minimum Gasteiger partial charge on any atom is -0.490 e. The predicted molar refractivity (Wildman–Crippen MR) is 76.5 cm³/mol. The minimum atomic E-state index is -0.264. The summed E-state index contributed by atoms with van der Waals surface area (Å²) in [4.78, 5) is 12.6. The van der Waals surface area contributed by atoms with Crippen LogP contribution in [0.25, 0.3) is 0 Å². The van der Waals surface area contributed by atoms with Crippen LogP contribution in [0.3, 0.4) is 0 Å². The van der Waals surface area contributed by atoms with Gasteiger partial charge in [0.15, 0.2) is 17.3 Å². The lowest BCUT2D eigenvalue weighted by molar-refractivity contribution is 0.0948. The largest absolute Gasteiger partial charge is 0.490 e. The maximum Gasteiger partial charge on any atom is 0.178 e. The van der Waals surface area contributed by atoms with Gasteiger partial charge in [0.05, 0.1) is 18.0 Å². The molecule has 3 nitrogen and oxygen atoms in total. The van der Waals surface area contributed by atoms with E-state index in [2.05, 4.69) is 6.92 Å². The molecule has 1 aromatic rings. The second-order valence-electron chi connectivity index (χ2n) is 5.22. The standard InChI is InChI=1S/C15H18O3S/c1-15(6-2-9-19-15)14(16)11-4-5-12-13(10-11)18-8-3-7-17-12/h4-5,10H,2-3,6-9H2,1H3. The normalized spacial score (nSPS) is 25.9. The lowest BCUT2D eigenvalue weighted by Gasteiger charge is -2.21. The van der Waals surface area contributed by atoms with E-state index < -0.39 is 0 Å². The molecule has 0 aliphatic carbocycles. The van der Waals surface area contributed by atoms with E-state index in [-0.39, 0.29) is 10.5 Å². The number of hydrogen-bond acceptors (Lipinski definition) is 4. The average molecular weight is 278 g/mol. The van der Waals surface area contributed by atoms with Crippen LogP contribution >= 0.6 is 11.8 Å². The Morgan fingerprint density at radius 3 is 2.74 bits per heavy atom.